The first kappa shape index (κ1) is 9.10. The summed E-state index contributed by atoms with van der Waals surface area (Å²) in [7, 11) is 0. The summed E-state index contributed by atoms with van der Waals surface area (Å²) < 4.78 is 1.19. The number of hydrogen-bond acceptors (Lipinski definition) is 1. The molecule has 0 saturated carbocycles. The first-order valence-corrected chi connectivity index (χ1v) is 5.90. The fourth-order valence-corrected chi connectivity index (χ4v) is 2.87. The molecule has 0 bridgehead atoms. The van der Waals surface area contributed by atoms with Crippen molar-refractivity contribution in [1.82, 2.24) is 0 Å². The third-order valence-corrected chi connectivity index (χ3v) is 3.87. The largest absolute Gasteiger partial charge is 0.120 e. The maximum absolute atomic E-state index is 3.56. The fraction of sp³-hybridized carbons (Fsp3) is 0.0909. The Kier molecular flexibility index (Phi) is 2.91. The molecule has 0 nitrogen and oxygen atoms in total. The van der Waals surface area contributed by atoms with Crippen molar-refractivity contribution in [3.05, 3.63) is 52.5 Å². The lowest BCUT2D eigenvalue weighted by molar-refractivity contribution is 1.63. The first-order valence-electron chi connectivity index (χ1n) is 4.12. The highest BCUT2D eigenvalue weighted by Gasteiger charge is 2.08. The summed E-state index contributed by atoms with van der Waals surface area (Å²) >= 11 is 5.43. The zero-order chi connectivity index (χ0) is 9.10. The van der Waals surface area contributed by atoms with Gasteiger partial charge in [0, 0.05) is 15.1 Å². The lowest BCUT2D eigenvalue weighted by Crippen LogP contribution is -1.87. The third kappa shape index (κ3) is 2.06. The number of halogens is 1. The van der Waals surface area contributed by atoms with E-state index in [1.54, 1.807) is 0 Å². The van der Waals surface area contributed by atoms with Crippen molar-refractivity contribution in [3.63, 3.8) is 0 Å². The molecule has 1 aliphatic rings. The predicted molar refractivity (Wildman–Crippen MR) is 63.9 cm³/mol. The summed E-state index contributed by atoms with van der Waals surface area (Å²) in [4.78, 5) is 1.34. The van der Waals surface area contributed by atoms with Gasteiger partial charge in [0.2, 0.25) is 0 Å². The molecule has 0 unspecified atom stereocenters. The minimum Gasteiger partial charge on any atom is -0.120 e. The van der Waals surface area contributed by atoms with Crippen LogP contribution in [0.15, 0.2) is 47.0 Å². The van der Waals surface area contributed by atoms with Gasteiger partial charge in [0.1, 0.15) is 0 Å². The predicted octanol–water partition coefficient (Wildman–Crippen LogP) is 4.05. The van der Waals surface area contributed by atoms with Crippen LogP contribution >= 0.6 is 27.7 Å². The Morgan fingerprint density at radius 2 is 1.92 bits per heavy atom. The Morgan fingerprint density at radius 1 is 1.15 bits per heavy atom. The highest BCUT2D eigenvalue weighted by molar-refractivity contribution is 9.12. The van der Waals surface area contributed by atoms with Crippen LogP contribution in [0.4, 0.5) is 0 Å². The van der Waals surface area contributed by atoms with Gasteiger partial charge in [-0.15, -0.1) is 11.8 Å². The molecule has 0 saturated heterocycles. The van der Waals surface area contributed by atoms with Crippen molar-refractivity contribution in [2.75, 3.05) is 5.75 Å². The van der Waals surface area contributed by atoms with E-state index >= 15 is 0 Å². The Balaban J connectivity index is 2.41. The van der Waals surface area contributed by atoms with Gasteiger partial charge >= 0.3 is 0 Å². The minimum atomic E-state index is 1.07. The van der Waals surface area contributed by atoms with Crippen molar-refractivity contribution in [2.45, 2.75) is 0 Å². The molecule has 0 aromatic heterocycles. The average molecular weight is 253 g/mol. The van der Waals surface area contributed by atoms with E-state index in [0.29, 0.717) is 0 Å². The normalized spacial score (nSPS) is 16.4. The Hall–Kier alpha value is -0.470. The minimum absolute atomic E-state index is 1.07. The lowest BCUT2D eigenvalue weighted by Gasteiger charge is -2.11. The highest BCUT2D eigenvalue weighted by Crippen LogP contribution is 2.36. The molecule has 2 heteroatoms. The van der Waals surface area contributed by atoms with Crippen LogP contribution in [0.1, 0.15) is 5.56 Å². The number of allylic oxidation sites excluding steroid dienone is 2. The van der Waals surface area contributed by atoms with Crippen LogP contribution < -0.4 is 0 Å². The zero-order valence-electron chi connectivity index (χ0n) is 7.03. The second kappa shape index (κ2) is 4.16. The smallest absolute Gasteiger partial charge is 0.0314 e. The van der Waals surface area contributed by atoms with Crippen molar-refractivity contribution in [3.8, 4) is 0 Å². The summed E-state index contributed by atoms with van der Waals surface area (Å²) in [5.74, 6) is 1.07. The van der Waals surface area contributed by atoms with Crippen molar-refractivity contribution < 1.29 is 0 Å². The maximum Gasteiger partial charge on any atom is 0.0314 e. The molecule has 1 heterocycles. The van der Waals surface area contributed by atoms with E-state index in [4.69, 9.17) is 0 Å². The van der Waals surface area contributed by atoms with E-state index in [-0.39, 0.29) is 0 Å². The summed E-state index contributed by atoms with van der Waals surface area (Å²) in [5.41, 5.74) is 1.30. The molecule has 0 N–H and O–H groups in total. The van der Waals surface area contributed by atoms with E-state index in [9.17, 15) is 0 Å². The summed E-state index contributed by atoms with van der Waals surface area (Å²) in [6.45, 7) is 0. The van der Waals surface area contributed by atoms with E-state index in [1.807, 2.05) is 17.8 Å². The van der Waals surface area contributed by atoms with Gasteiger partial charge in [-0.3, -0.25) is 0 Å². The molecule has 1 aromatic carbocycles. The standard InChI is InChI=1S/C11H9BrS/c12-10-7-4-8-13-11(10)9-5-2-1-3-6-9/h1-7H,8H2. The zero-order valence-corrected chi connectivity index (χ0v) is 9.44. The number of benzene rings is 1. The molecular formula is C11H9BrS. The molecule has 0 amide bonds. The van der Waals surface area contributed by atoms with Crippen LogP contribution in [-0.2, 0) is 0 Å². The van der Waals surface area contributed by atoms with E-state index in [1.165, 1.54) is 15.0 Å². The highest BCUT2D eigenvalue weighted by atomic mass is 79.9. The topological polar surface area (TPSA) is 0 Å². The van der Waals surface area contributed by atoms with Gasteiger partial charge in [-0.1, -0.05) is 36.4 Å². The van der Waals surface area contributed by atoms with Gasteiger partial charge in [0.15, 0.2) is 0 Å². The molecule has 0 aliphatic carbocycles. The Morgan fingerprint density at radius 3 is 2.62 bits per heavy atom. The monoisotopic (exact) mass is 252 g/mol. The van der Waals surface area contributed by atoms with E-state index < -0.39 is 0 Å². The summed E-state index contributed by atoms with van der Waals surface area (Å²) in [6.07, 6.45) is 4.29. The average Bonchev–Trinajstić information content (AvgIpc) is 2.20. The molecular weight excluding hydrogens is 244 g/mol. The van der Waals surface area contributed by atoms with Crippen molar-refractivity contribution in [2.24, 2.45) is 0 Å². The quantitative estimate of drug-likeness (QED) is 0.727. The van der Waals surface area contributed by atoms with Crippen LogP contribution in [0.5, 0.6) is 0 Å². The molecule has 66 valence electrons. The molecule has 2 rings (SSSR count). The SMILES string of the molecule is BrC1=C(c2ccccc2)SCC=C1. The third-order valence-electron chi connectivity index (χ3n) is 1.84. The van der Waals surface area contributed by atoms with Gasteiger partial charge in [-0.2, -0.15) is 0 Å². The van der Waals surface area contributed by atoms with Crippen molar-refractivity contribution >= 4 is 32.6 Å². The van der Waals surface area contributed by atoms with Gasteiger partial charge in [-0.05, 0) is 27.6 Å². The second-order valence-corrected chi connectivity index (χ2v) is 4.64. The molecule has 1 aromatic rings. The summed E-state index contributed by atoms with van der Waals surface area (Å²) in [5, 5.41) is 0. The Bertz CT molecular complexity index is 352. The van der Waals surface area contributed by atoms with Crippen LogP contribution in [0.2, 0.25) is 0 Å². The molecule has 0 fully saturated rings. The fourth-order valence-electron chi connectivity index (χ4n) is 1.24. The molecule has 0 atom stereocenters. The number of rotatable bonds is 1. The molecule has 13 heavy (non-hydrogen) atoms. The van der Waals surface area contributed by atoms with Crippen LogP contribution in [-0.4, -0.2) is 5.75 Å². The molecule has 0 radical (unpaired) electrons. The van der Waals surface area contributed by atoms with Crippen molar-refractivity contribution in [1.29, 1.82) is 0 Å². The molecule has 1 aliphatic heterocycles. The van der Waals surface area contributed by atoms with Gasteiger partial charge < -0.3 is 0 Å². The molecule has 0 spiro atoms. The van der Waals surface area contributed by atoms with Gasteiger partial charge in [-0.25, -0.2) is 0 Å². The van der Waals surface area contributed by atoms with E-state index in [0.717, 1.165) is 5.75 Å². The second-order valence-electron chi connectivity index (χ2n) is 2.76. The Labute approximate surface area is 90.9 Å². The summed E-state index contributed by atoms with van der Waals surface area (Å²) in [6, 6.07) is 10.5. The van der Waals surface area contributed by atoms with Gasteiger partial charge in [0.25, 0.3) is 0 Å². The maximum atomic E-state index is 3.56. The van der Waals surface area contributed by atoms with Crippen LogP contribution in [0, 0.1) is 0 Å². The number of thioether (sulfide) groups is 1. The lowest BCUT2D eigenvalue weighted by atomic mass is 10.2. The number of hydrogen-bond donors (Lipinski definition) is 0. The van der Waals surface area contributed by atoms with Crippen LogP contribution in [0.25, 0.3) is 4.91 Å². The van der Waals surface area contributed by atoms with Gasteiger partial charge in [0.05, 0.1) is 0 Å². The first-order chi connectivity index (χ1) is 6.38. The van der Waals surface area contributed by atoms with Crippen LogP contribution in [0.3, 0.4) is 0 Å². The van der Waals surface area contributed by atoms with E-state index in [2.05, 4.69) is 52.3 Å².